The van der Waals surface area contributed by atoms with Crippen LogP contribution >= 0.6 is 0 Å². The molecule has 0 spiro atoms. The van der Waals surface area contributed by atoms with E-state index in [1.165, 1.54) is 0 Å². The average Bonchev–Trinajstić information content (AvgIpc) is 2.55. The molecule has 2 aliphatic heterocycles. The zero-order valence-corrected chi connectivity index (χ0v) is 13.0. The maximum atomic E-state index is 12.5. The monoisotopic (exact) mass is 315 g/mol. The summed E-state index contributed by atoms with van der Waals surface area (Å²) < 4.78 is 0. The highest BCUT2D eigenvalue weighted by molar-refractivity contribution is 5.94. The van der Waals surface area contributed by atoms with Crippen LogP contribution in [0.5, 0.6) is 0 Å². The summed E-state index contributed by atoms with van der Waals surface area (Å²) in [7, 11) is 0. The number of aryl methyl sites for hydroxylation is 1. The van der Waals surface area contributed by atoms with E-state index in [2.05, 4.69) is 5.32 Å². The van der Waals surface area contributed by atoms with Gasteiger partial charge in [0.25, 0.3) is 0 Å². The van der Waals surface area contributed by atoms with Gasteiger partial charge in [-0.25, -0.2) is 0 Å². The maximum Gasteiger partial charge on any atom is 0.227 e. The summed E-state index contributed by atoms with van der Waals surface area (Å²) in [5, 5.41) is 2.84. The third kappa shape index (κ3) is 3.52. The summed E-state index contributed by atoms with van der Waals surface area (Å²) in [5.74, 6) is -0.499. The number of rotatable bonds is 3. The second kappa shape index (κ2) is 6.40. The van der Waals surface area contributed by atoms with E-state index in [0.717, 1.165) is 29.7 Å². The predicted octanol–water partition coefficient (Wildman–Crippen LogP) is 0.838. The first kappa shape index (κ1) is 15.5. The number of nitrogens with two attached hydrogens (primary N) is 1. The van der Waals surface area contributed by atoms with Gasteiger partial charge in [0.1, 0.15) is 0 Å². The number of benzene rings is 1. The third-order valence-electron chi connectivity index (χ3n) is 4.60. The van der Waals surface area contributed by atoms with Crippen LogP contribution in [0.25, 0.3) is 0 Å². The minimum atomic E-state index is -0.327. The molecule has 0 saturated carbocycles. The SMILES string of the molecule is NC(=O)[C@H]1CCCN(C(=O)Cc2ccc3c(c2)CCC(=O)N3)C1. The first-order chi connectivity index (χ1) is 11.0. The van der Waals surface area contributed by atoms with Gasteiger partial charge in [-0.1, -0.05) is 12.1 Å². The molecule has 3 amide bonds. The van der Waals surface area contributed by atoms with Crippen LogP contribution in [0.2, 0.25) is 0 Å². The molecule has 2 heterocycles. The number of primary amides is 1. The number of anilines is 1. The fourth-order valence-electron chi connectivity index (χ4n) is 3.27. The van der Waals surface area contributed by atoms with E-state index >= 15 is 0 Å². The van der Waals surface area contributed by atoms with Gasteiger partial charge in [0.2, 0.25) is 17.7 Å². The summed E-state index contributed by atoms with van der Waals surface area (Å²) in [5.41, 5.74) is 8.20. The molecule has 122 valence electrons. The van der Waals surface area contributed by atoms with E-state index in [1.54, 1.807) is 4.90 Å². The van der Waals surface area contributed by atoms with Crippen molar-refractivity contribution in [2.24, 2.45) is 11.7 Å². The average molecular weight is 315 g/mol. The largest absolute Gasteiger partial charge is 0.369 e. The van der Waals surface area contributed by atoms with Crippen LogP contribution in [0, 0.1) is 5.92 Å². The molecular weight excluding hydrogens is 294 g/mol. The van der Waals surface area contributed by atoms with E-state index in [9.17, 15) is 14.4 Å². The zero-order chi connectivity index (χ0) is 16.4. The lowest BCUT2D eigenvalue weighted by atomic mass is 9.96. The predicted molar refractivity (Wildman–Crippen MR) is 85.6 cm³/mol. The number of amides is 3. The lowest BCUT2D eigenvalue weighted by Gasteiger charge is -2.31. The van der Waals surface area contributed by atoms with Gasteiger partial charge in [0.15, 0.2) is 0 Å². The lowest BCUT2D eigenvalue weighted by Crippen LogP contribution is -2.44. The van der Waals surface area contributed by atoms with Crippen LogP contribution in [-0.4, -0.2) is 35.7 Å². The van der Waals surface area contributed by atoms with E-state index in [1.807, 2.05) is 18.2 Å². The molecule has 0 unspecified atom stereocenters. The van der Waals surface area contributed by atoms with Crippen LogP contribution in [0.15, 0.2) is 18.2 Å². The highest BCUT2D eigenvalue weighted by Crippen LogP contribution is 2.24. The van der Waals surface area contributed by atoms with Crippen molar-refractivity contribution in [3.8, 4) is 0 Å². The molecule has 0 aromatic heterocycles. The Labute approximate surface area is 135 Å². The number of nitrogens with zero attached hydrogens (tertiary/aromatic N) is 1. The Bertz CT molecular complexity index is 656. The number of carbonyl (C=O) groups is 3. The maximum absolute atomic E-state index is 12.5. The number of likely N-dealkylation sites (tertiary alicyclic amines) is 1. The van der Waals surface area contributed by atoms with E-state index < -0.39 is 0 Å². The first-order valence-electron chi connectivity index (χ1n) is 8.01. The van der Waals surface area contributed by atoms with Gasteiger partial charge in [0.05, 0.1) is 12.3 Å². The topological polar surface area (TPSA) is 92.5 Å². The summed E-state index contributed by atoms with van der Waals surface area (Å²) >= 11 is 0. The van der Waals surface area contributed by atoms with Crippen molar-refractivity contribution in [2.75, 3.05) is 18.4 Å². The Morgan fingerprint density at radius 3 is 2.91 bits per heavy atom. The Morgan fingerprint density at radius 2 is 2.13 bits per heavy atom. The molecule has 3 N–H and O–H groups in total. The number of fused-ring (bicyclic) bond motifs is 1. The van der Waals surface area contributed by atoms with Crippen molar-refractivity contribution >= 4 is 23.4 Å². The molecule has 1 saturated heterocycles. The van der Waals surface area contributed by atoms with Crippen molar-refractivity contribution in [3.63, 3.8) is 0 Å². The molecule has 3 rings (SSSR count). The molecule has 0 aliphatic carbocycles. The lowest BCUT2D eigenvalue weighted by molar-refractivity contribution is -0.134. The van der Waals surface area contributed by atoms with Crippen LogP contribution in [0.3, 0.4) is 0 Å². The van der Waals surface area contributed by atoms with Crippen molar-refractivity contribution < 1.29 is 14.4 Å². The number of hydrogen-bond donors (Lipinski definition) is 2. The summed E-state index contributed by atoms with van der Waals surface area (Å²) in [6.07, 6.45) is 3.08. The van der Waals surface area contributed by atoms with Crippen molar-refractivity contribution in [1.82, 2.24) is 4.90 Å². The number of hydrogen-bond acceptors (Lipinski definition) is 3. The molecule has 1 fully saturated rings. The van der Waals surface area contributed by atoms with Gasteiger partial charge in [0, 0.05) is 25.2 Å². The molecule has 1 aromatic carbocycles. The molecule has 1 atom stereocenters. The normalized spacial score (nSPS) is 20.6. The van der Waals surface area contributed by atoms with Gasteiger partial charge >= 0.3 is 0 Å². The summed E-state index contributed by atoms with van der Waals surface area (Å²) in [4.78, 5) is 36.9. The number of nitrogens with one attached hydrogen (secondary N) is 1. The van der Waals surface area contributed by atoms with Gasteiger partial charge in [-0.05, 0) is 36.5 Å². The molecule has 1 aromatic rings. The fourth-order valence-corrected chi connectivity index (χ4v) is 3.27. The molecule has 6 heteroatoms. The fraction of sp³-hybridized carbons (Fsp3) is 0.471. The van der Waals surface area contributed by atoms with Gasteiger partial charge in [-0.2, -0.15) is 0 Å². The van der Waals surface area contributed by atoms with E-state index in [-0.39, 0.29) is 23.6 Å². The summed E-state index contributed by atoms with van der Waals surface area (Å²) in [6, 6.07) is 5.72. The quantitative estimate of drug-likeness (QED) is 0.865. The van der Waals surface area contributed by atoms with Gasteiger partial charge in [-0.3, -0.25) is 14.4 Å². The summed E-state index contributed by atoms with van der Waals surface area (Å²) in [6.45, 7) is 1.11. The Kier molecular flexibility index (Phi) is 4.32. The molecule has 6 nitrogen and oxygen atoms in total. The van der Waals surface area contributed by atoms with Crippen molar-refractivity contribution in [3.05, 3.63) is 29.3 Å². The first-order valence-corrected chi connectivity index (χ1v) is 8.01. The van der Waals surface area contributed by atoms with E-state index in [0.29, 0.717) is 32.4 Å². The van der Waals surface area contributed by atoms with Gasteiger partial charge in [-0.15, -0.1) is 0 Å². The highest BCUT2D eigenvalue weighted by Gasteiger charge is 2.27. The van der Waals surface area contributed by atoms with Gasteiger partial charge < -0.3 is 16.0 Å². The van der Waals surface area contributed by atoms with Crippen molar-refractivity contribution in [2.45, 2.75) is 32.1 Å². The Balaban J connectivity index is 1.66. The minimum absolute atomic E-state index is 0.0238. The molecule has 0 bridgehead atoms. The van der Waals surface area contributed by atoms with Crippen LogP contribution < -0.4 is 11.1 Å². The smallest absolute Gasteiger partial charge is 0.227 e. The zero-order valence-electron chi connectivity index (χ0n) is 13.0. The molecule has 2 aliphatic rings. The molecule has 0 radical (unpaired) electrons. The third-order valence-corrected chi connectivity index (χ3v) is 4.60. The van der Waals surface area contributed by atoms with Crippen LogP contribution in [0.1, 0.15) is 30.4 Å². The molecular formula is C17H21N3O3. The van der Waals surface area contributed by atoms with Crippen LogP contribution in [0.4, 0.5) is 5.69 Å². The van der Waals surface area contributed by atoms with Crippen LogP contribution in [-0.2, 0) is 27.2 Å². The second-order valence-electron chi connectivity index (χ2n) is 6.30. The van der Waals surface area contributed by atoms with E-state index in [4.69, 9.17) is 5.73 Å². The van der Waals surface area contributed by atoms with Crippen molar-refractivity contribution in [1.29, 1.82) is 0 Å². The molecule has 23 heavy (non-hydrogen) atoms. The Hall–Kier alpha value is -2.37. The second-order valence-corrected chi connectivity index (χ2v) is 6.30. The highest BCUT2D eigenvalue weighted by atomic mass is 16.2. The number of piperidine rings is 1. The standard InChI is InChI=1S/C17H21N3O3/c18-17(23)13-2-1-7-20(10-13)16(22)9-11-3-5-14-12(8-11)4-6-15(21)19-14/h3,5,8,13H,1-2,4,6-7,9-10H2,(H2,18,23)(H,19,21)/t13-/m0/s1. The minimum Gasteiger partial charge on any atom is -0.369 e. The Morgan fingerprint density at radius 1 is 1.30 bits per heavy atom. The number of carbonyl (C=O) groups excluding carboxylic acids is 3.